The number of halogens is 2. The first kappa shape index (κ1) is 25.6. The maximum absolute atomic E-state index is 5.13. The standard InChI is InChI=1S/C14H18NO.2ClH.Li.Mg/c1-16-14-9-5-6-12(10-14)11-15-13-7-3-2-4-8-13;;;;/h5-6,9,11,13H,2-4,7-8H2,1H3;2*1H;;/q-1;;;+1;+2/p-2. The van der Waals surface area contributed by atoms with Crippen molar-refractivity contribution >= 4 is 29.3 Å². The van der Waals surface area contributed by atoms with E-state index in [9.17, 15) is 0 Å². The van der Waals surface area contributed by atoms with Crippen molar-refractivity contribution in [2.45, 2.75) is 38.1 Å². The molecule has 0 heterocycles. The van der Waals surface area contributed by atoms with Crippen LogP contribution >= 0.6 is 0 Å². The molecule has 1 aromatic rings. The summed E-state index contributed by atoms with van der Waals surface area (Å²) in [4.78, 5) is 4.62. The topological polar surface area (TPSA) is 21.6 Å². The zero-order valence-electron chi connectivity index (χ0n) is 12.2. The smallest absolute Gasteiger partial charge is 1.00 e. The molecule has 1 aliphatic carbocycles. The van der Waals surface area contributed by atoms with Crippen LogP contribution in [0.4, 0.5) is 0 Å². The molecule has 0 amide bonds. The van der Waals surface area contributed by atoms with Crippen LogP contribution in [0, 0.1) is 6.07 Å². The summed E-state index contributed by atoms with van der Waals surface area (Å²) in [5.74, 6) is 0.771. The minimum atomic E-state index is 0. The summed E-state index contributed by atoms with van der Waals surface area (Å²) < 4.78 is 5.13. The quantitative estimate of drug-likeness (QED) is 0.309. The number of rotatable bonds is 3. The Hall–Kier alpha value is 0.634. The van der Waals surface area contributed by atoms with E-state index in [2.05, 4.69) is 11.1 Å². The Balaban J connectivity index is -0.000000722. The second-order valence-electron chi connectivity index (χ2n) is 4.24. The number of hydrogen-bond acceptors (Lipinski definition) is 2. The van der Waals surface area contributed by atoms with Crippen molar-refractivity contribution in [1.82, 2.24) is 0 Å². The van der Waals surface area contributed by atoms with Crippen LogP contribution < -0.4 is 48.4 Å². The van der Waals surface area contributed by atoms with Gasteiger partial charge in [0, 0.05) is 11.8 Å². The van der Waals surface area contributed by atoms with Gasteiger partial charge in [0.05, 0.1) is 7.11 Å². The van der Waals surface area contributed by atoms with Gasteiger partial charge in [0.2, 0.25) is 0 Å². The van der Waals surface area contributed by atoms with E-state index in [1.54, 1.807) is 7.11 Å². The number of nitrogens with zero attached hydrogens (tertiary/aromatic N) is 1. The fourth-order valence-corrected chi connectivity index (χ4v) is 2.07. The van der Waals surface area contributed by atoms with Crippen molar-refractivity contribution in [3.05, 3.63) is 29.8 Å². The summed E-state index contributed by atoms with van der Waals surface area (Å²) in [5, 5.41) is 0. The monoisotopic (exact) mass is 317 g/mol. The van der Waals surface area contributed by atoms with Gasteiger partial charge in [0.15, 0.2) is 0 Å². The Morgan fingerprint density at radius 2 is 1.85 bits per heavy atom. The second-order valence-corrected chi connectivity index (χ2v) is 4.24. The third kappa shape index (κ3) is 8.82. The maximum atomic E-state index is 5.13. The summed E-state index contributed by atoms with van der Waals surface area (Å²) in [7, 11) is 1.66. The van der Waals surface area contributed by atoms with Crippen LogP contribution in [0.2, 0.25) is 0 Å². The average molecular weight is 318 g/mol. The SMILES string of the molecule is COc1[c-]c(C=NC2CCCCC2)ccc1.[Cl-].[Cl-].[Li+].[Mg+2]. The van der Waals surface area contributed by atoms with Gasteiger partial charge in [-0.05, 0) is 12.8 Å². The van der Waals surface area contributed by atoms with Gasteiger partial charge in [-0.3, -0.25) is 0 Å². The molecule has 1 fully saturated rings. The number of hydrogen-bond donors (Lipinski definition) is 0. The molecule has 0 atom stereocenters. The zero-order chi connectivity index (χ0) is 11.2. The molecule has 20 heavy (non-hydrogen) atoms. The average Bonchev–Trinajstić information content (AvgIpc) is 2.38. The zero-order valence-corrected chi connectivity index (χ0v) is 15.2. The molecule has 0 aliphatic heterocycles. The summed E-state index contributed by atoms with van der Waals surface area (Å²) in [6.45, 7) is 0. The van der Waals surface area contributed by atoms with Crippen LogP contribution in [0.3, 0.4) is 0 Å². The third-order valence-corrected chi connectivity index (χ3v) is 3.01. The molecule has 1 aliphatic rings. The van der Waals surface area contributed by atoms with E-state index in [1.165, 1.54) is 32.1 Å². The van der Waals surface area contributed by atoms with Crippen molar-refractivity contribution in [2.75, 3.05) is 7.11 Å². The molecule has 0 radical (unpaired) electrons. The van der Waals surface area contributed by atoms with E-state index < -0.39 is 0 Å². The molecular weight excluding hydrogens is 300 g/mol. The van der Waals surface area contributed by atoms with Crippen molar-refractivity contribution in [1.29, 1.82) is 0 Å². The number of ether oxygens (including phenoxy) is 1. The van der Waals surface area contributed by atoms with Gasteiger partial charge in [-0.1, -0.05) is 31.5 Å². The number of methoxy groups -OCH3 is 1. The van der Waals surface area contributed by atoms with Crippen molar-refractivity contribution < 1.29 is 48.4 Å². The first-order valence-corrected chi connectivity index (χ1v) is 5.98. The number of aliphatic imine (C=N–C) groups is 1. The molecule has 6 heteroatoms. The second kappa shape index (κ2) is 14.6. The molecule has 1 saturated carbocycles. The summed E-state index contributed by atoms with van der Waals surface area (Å²) in [6, 6.07) is 9.56. The minimum Gasteiger partial charge on any atom is -1.00 e. The Kier molecular flexibility index (Phi) is 18.6. The predicted octanol–water partition coefficient (Wildman–Crippen LogP) is -6.12. The molecule has 0 spiro atoms. The Morgan fingerprint density at radius 3 is 2.45 bits per heavy atom. The number of benzene rings is 1. The van der Waals surface area contributed by atoms with E-state index in [-0.39, 0.29) is 66.7 Å². The Bertz CT molecular complexity index is 374. The van der Waals surface area contributed by atoms with Crippen molar-refractivity contribution in [2.24, 2.45) is 4.99 Å². The molecule has 0 N–H and O–H groups in total. The van der Waals surface area contributed by atoms with Gasteiger partial charge < -0.3 is 34.5 Å². The van der Waals surface area contributed by atoms with Gasteiger partial charge in [0.25, 0.3) is 0 Å². The molecular formula is C14H18Cl2LiMgNO. The largest absolute Gasteiger partial charge is 2.00 e. The van der Waals surface area contributed by atoms with Gasteiger partial charge in [-0.2, -0.15) is 0 Å². The Morgan fingerprint density at radius 1 is 1.20 bits per heavy atom. The van der Waals surface area contributed by atoms with Gasteiger partial charge in [0.1, 0.15) is 0 Å². The van der Waals surface area contributed by atoms with E-state index >= 15 is 0 Å². The normalized spacial score (nSPS) is 14.2. The fourth-order valence-electron chi connectivity index (χ4n) is 2.07. The van der Waals surface area contributed by atoms with Crippen molar-refractivity contribution in [3.63, 3.8) is 0 Å². The Labute approximate surface area is 162 Å². The van der Waals surface area contributed by atoms with E-state index in [0.717, 1.165) is 11.3 Å². The summed E-state index contributed by atoms with van der Waals surface area (Å²) in [5.41, 5.74) is 1.00. The first-order valence-electron chi connectivity index (χ1n) is 5.98. The van der Waals surface area contributed by atoms with Crippen LogP contribution in [-0.4, -0.2) is 42.4 Å². The van der Waals surface area contributed by atoms with Crippen LogP contribution in [0.25, 0.3) is 0 Å². The first-order chi connectivity index (χ1) is 7.88. The van der Waals surface area contributed by atoms with Crippen LogP contribution in [-0.2, 0) is 0 Å². The fraction of sp³-hybridized carbons (Fsp3) is 0.500. The van der Waals surface area contributed by atoms with E-state index in [4.69, 9.17) is 4.74 Å². The predicted molar refractivity (Wildman–Crippen MR) is 72.1 cm³/mol. The molecule has 0 saturated heterocycles. The van der Waals surface area contributed by atoms with Crippen molar-refractivity contribution in [3.8, 4) is 5.75 Å². The molecule has 2 rings (SSSR count). The molecule has 2 nitrogen and oxygen atoms in total. The van der Waals surface area contributed by atoms with E-state index in [1.807, 2.05) is 24.4 Å². The third-order valence-electron chi connectivity index (χ3n) is 3.01. The van der Waals surface area contributed by atoms with Crippen LogP contribution in [0.1, 0.15) is 37.7 Å². The molecule has 102 valence electrons. The maximum Gasteiger partial charge on any atom is 2.00 e. The summed E-state index contributed by atoms with van der Waals surface area (Å²) in [6.07, 6.45) is 8.42. The van der Waals surface area contributed by atoms with Crippen LogP contribution in [0.5, 0.6) is 5.75 Å². The van der Waals surface area contributed by atoms with Gasteiger partial charge in [-0.15, -0.1) is 23.8 Å². The summed E-state index contributed by atoms with van der Waals surface area (Å²) >= 11 is 0. The molecule has 0 bridgehead atoms. The molecule has 1 aromatic carbocycles. The minimum absolute atomic E-state index is 0. The van der Waals surface area contributed by atoms with Crippen LogP contribution in [0.15, 0.2) is 23.2 Å². The molecule has 0 unspecified atom stereocenters. The van der Waals surface area contributed by atoms with Gasteiger partial charge >= 0.3 is 41.9 Å². The van der Waals surface area contributed by atoms with E-state index in [0.29, 0.717) is 6.04 Å². The molecule has 0 aromatic heterocycles. The van der Waals surface area contributed by atoms with Gasteiger partial charge in [-0.25, -0.2) is 0 Å².